The first-order chi connectivity index (χ1) is 6.79. The Morgan fingerprint density at radius 2 is 2.00 bits per heavy atom. The van der Waals surface area contributed by atoms with E-state index in [0.29, 0.717) is 5.69 Å². The summed E-state index contributed by atoms with van der Waals surface area (Å²) >= 11 is 0. The van der Waals surface area contributed by atoms with Crippen molar-refractivity contribution in [2.75, 3.05) is 18.0 Å². The summed E-state index contributed by atoms with van der Waals surface area (Å²) in [5, 5.41) is 19.0. The van der Waals surface area contributed by atoms with Crippen molar-refractivity contribution in [1.29, 1.82) is 0 Å². The lowest BCUT2D eigenvalue weighted by Crippen LogP contribution is -2.26. The van der Waals surface area contributed by atoms with Crippen molar-refractivity contribution < 1.29 is 10.2 Å². The zero-order valence-corrected chi connectivity index (χ0v) is 7.85. The highest BCUT2D eigenvalue weighted by Gasteiger charge is 2.13. The van der Waals surface area contributed by atoms with Gasteiger partial charge >= 0.3 is 0 Å². The summed E-state index contributed by atoms with van der Waals surface area (Å²) in [6, 6.07) is 5.04. The molecule has 0 radical (unpaired) electrons. The standard InChI is InChI=1S/C11H13NO2/c13-10-6-4-5-9(11(10)14)12-7-2-1-3-8-12/h1-2,4-6,13-14H,3,7-8H2. The van der Waals surface area contributed by atoms with Crippen LogP contribution in [0.25, 0.3) is 0 Å². The molecular weight excluding hydrogens is 178 g/mol. The smallest absolute Gasteiger partial charge is 0.181 e. The summed E-state index contributed by atoms with van der Waals surface area (Å²) in [5.74, 6) is -0.0835. The van der Waals surface area contributed by atoms with Gasteiger partial charge < -0.3 is 15.1 Å². The number of benzene rings is 1. The average molecular weight is 191 g/mol. The van der Waals surface area contributed by atoms with Crippen LogP contribution < -0.4 is 4.90 Å². The highest BCUT2D eigenvalue weighted by Crippen LogP contribution is 2.35. The molecule has 1 heterocycles. The number of nitrogens with zero attached hydrogens (tertiary/aromatic N) is 1. The molecule has 0 spiro atoms. The maximum absolute atomic E-state index is 9.63. The van der Waals surface area contributed by atoms with Crippen LogP contribution in [0.1, 0.15) is 6.42 Å². The number of hydrogen-bond donors (Lipinski definition) is 2. The van der Waals surface area contributed by atoms with Crippen LogP contribution in [0.4, 0.5) is 5.69 Å². The van der Waals surface area contributed by atoms with Crippen molar-refractivity contribution >= 4 is 5.69 Å². The topological polar surface area (TPSA) is 43.7 Å². The van der Waals surface area contributed by atoms with Gasteiger partial charge in [0, 0.05) is 13.1 Å². The zero-order valence-electron chi connectivity index (χ0n) is 7.85. The molecule has 14 heavy (non-hydrogen) atoms. The Balaban J connectivity index is 2.31. The van der Waals surface area contributed by atoms with Gasteiger partial charge in [0.1, 0.15) is 0 Å². The van der Waals surface area contributed by atoms with E-state index in [1.807, 2.05) is 11.0 Å². The second-order valence-electron chi connectivity index (χ2n) is 3.35. The highest BCUT2D eigenvalue weighted by atomic mass is 16.3. The molecule has 1 aliphatic heterocycles. The fourth-order valence-electron chi connectivity index (χ4n) is 1.63. The van der Waals surface area contributed by atoms with Crippen LogP contribution >= 0.6 is 0 Å². The molecule has 0 bridgehead atoms. The predicted molar refractivity (Wildman–Crippen MR) is 55.7 cm³/mol. The van der Waals surface area contributed by atoms with Gasteiger partial charge in [-0.1, -0.05) is 18.2 Å². The number of para-hydroxylation sites is 1. The van der Waals surface area contributed by atoms with E-state index in [1.165, 1.54) is 6.07 Å². The lowest BCUT2D eigenvalue weighted by atomic mass is 10.2. The Bertz CT molecular complexity index is 360. The molecule has 0 fully saturated rings. The van der Waals surface area contributed by atoms with E-state index < -0.39 is 0 Å². The predicted octanol–water partition coefficient (Wildman–Crippen LogP) is 1.86. The Hall–Kier alpha value is -1.64. The van der Waals surface area contributed by atoms with E-state index in [2.05, 4.69) is 12.2 Å². The van der Waals surface area contributed by atoms with E-state index >= 15 is 0 Å². The summed E-state index contributed by atoms with van der Waals surface area (Å²) in [5.41, 5.74) is 0.703. The molecule has 2 rings (SSSR count). The third-order valence-corrected chi connectivity index (χ3v) is 2.39. The van der Waals surface area contributed by atoms with Crippen LogP contribution in [0, 0.1) is 0 Å². The summed E-state index contributed by atoms with van der Waals surface area (Å²) in [6.45, 7) is 1.67. The third-order valence-electron chi connectivity index (χ3n) is 2.39. The Morgan fingerprint density at radius 1 is 1.14 bits per heavy atom. The van der Waals surface area contributed by atoms with Gasteiger partial charge in [-0.3, -0.25) is 0 Å². The number of anilines is 1. The van der Waals surface area contributed by atoms with Gasteiger partial charge in [0.15, 0.2) is 11.5 Å². The first-order valence-electron chi connectivity index (χ1n) is 4.70. The molecule has 0 aromatic heterocycles. The van der Waals surface area contributed by atoms with Gasteiger partial charge in [-0.05, 0) is 18.6 Å². The van der Waals surface area contributed by atoms with Crippen molar-refractivity contribution in [3.05, 3.63) is 30.4 Å². The van der Waals surface area contributed by atoms with Gasteiger partial charge in [0.05, 0.1) is 5.69 Å². The summed E-state index contributed by atoms with van der Waals surface area (Å²) in [7, 11) is 0. The Kier molecular flexibility index (Phi) is 2.31. The van der Waals surface area contributed by atoms with Gasteiger partial charge in [-0.25, -0.2) is 0 Å². The number of hydrogen-bond acceptors (Lipinski definition) is 3. The van der Waals surface area contributed by atoms with Crippen LogP contribution in [0.5, 0.6) is 11.5 Å². The molecule has 0 aliphatic carbocycles. The zero-order chi connectivity index (χ0) is 9.97. The summed E-state index contributed by atoms with van der Waals surface area (Å²) in [4.78, 5) is 2.04. The molecule has 0 amide bonds. The van der Waals surface area contributed by atoms with Crippen LogP contribution in [-0.4, -0.2) is 23.3 Å². The van der Waals surface area contributed by atoms with Gasteiger partial charge in [-0.2, -0.15) is 0 Å². The van der Waals surface area contributed by atoms with E-state index in [1.54, 1.807) is 6.07 Å². The Labute approximate surface area is 82.9 Å². The maximum Gasteiger partial charge on any atom is 0.181 e. The minimum Gasteiger partial charge on any atom is -0.504 e. The molecule has 1 aromatic rings. The number of rotatable bonds is 1. The lowest BCUT2D eigenvalue weighted by molar-refractivity contribution is 0.403. The third kappa shape index (κ3) is 1.53. The van der Waals surface area contributed by atoms with Crippen molar-refractivity contribution in [1.82, 2.24) is 0 Å². The number of phenolic OH excluding ortho intramolecular Hbond substituents is 2. The molecule has 74 valence electrons. The van der Waals surface area contributed by atoms with Crippen molar-refractivity contribution in [2.24, 2.45) is 0 Å². The molecule has 0 unspecified atom stereocenters. The largest absolute Gasteiger partial charge is 0.504 e. The molecule has 0 saturated carbocycles. The SMILES string of the molecule is Oc1cccc(N2CC=CCC2)c1O. The molecule has 3 heteroatoms. The van der Waals surface area contributed by atoms with E-state index in [-0.39, 0.29) is 11.5 Å². The van der Waals surface area contributed by atoms with E-state index in [9.17, 15) is 10.2 Å². The summed E-state index contributed by atoms with van der Waals surface area (Å²) < 4.78 is 0. The van der Waals surface area contributed by atoms with E-state index in [0.717, 1.165) is 19.5 Å². The number of phenols is 2. The van der Waals surface area contributed by atoms with E-state index in [4.69, 9.17) is 0 Å². The van der Waals surface area contributed by atoms with Crippen LogP contribution in [0.15, 0.2) is 30.4 Å². The first kappa shape index (κ1) is 8.94. The minimum atomic E-state index is -0.0583. The lowest BCUT2D eigenvalue weighted by Gasteiger charge is -2.26. The van der Waals surface area contributed by atoms with Gasteiger partial charge in [0.25, 0.3) is 0 Å². The van der Waals surface area contributed by atoms with Gasteiger partial charge in [0.2, 0.25) is 0 Å². The van der Waals surface area contributed by atoms with Crippen molar-refractivity contribution in [3.63, 3.8) is 0 Å². The first-order valence-corrected chi connectivity index (χ1v) is 4.70. The van der Waals surface area contributed by atoms with Crippen molar-refractivity contribution in [3.8, 4) is 11.5 Å². The molecule has 1 aliphatic rings. The molecule has 0 saturated heterocycles. The quantitative estimate of drug-likeness (QED) is 0.526. The molecule has 0 atom stereocenters. The highest BCUT2D eigenvalue weighted by molar-refractivity contribution is 5.63. The van der Waals surface area contributed by atoms with Gasteiger partial charge in [-0.15, -0.1) is 0 Å². The Morgan fingerprint density at radius 3 is 2.71 bits per heavy atom. The van der Waals surface area contributed by atoms with Crippen LogP contribution in [0.2, 0.25) is 0 Å². The molecule has 2 N–H and O–H groups in total. The van der Waals surface area contributed by atoms with Crippen LogP contribution in [-0.2, 0) is 0 Å². The molecule has 3 nitrogen and oxygen atoms in total. The number of aromatic hydroxyl groups is 2. The normalized spacial score (nSPS) is 15.9. The second-order valence-corrected chi connectivity index (χ2v) is 3.35. The summed E-state index contributed by atoms with van der Waals surface area (Å²) in [6.07, 6.45) is 5.17. The average Bonchev–Trinajstić information content (AvgIpc) is 2.23. The second kappa shape index (κ2) is 3.62. The minimum absolute atomic E-state index is 0.0252. The monoisotopic (exact) mass is 191 g/mol. The molecular formula is C11H13NO2. The fraction of sp³-hybridized carbons (Fsp3) is 0.273. The fourth-order valence-corrected chi connectivity index (χ4v) is 1.63. The molecule has 1 aromatic carbocycles. The van der Waals surface area contributed by atoms with Crippen molar-refractivity contribution in [2.45, 2.75) is 6.42 Å². The maximum atomic E-state index is 9.63. The van der Waals surface area contributed by atoms with Crippen LogP contribution in [0.3, 0.4) is 0 Å².